The van der Waals surface area contributed by atoms with Gasteiger partial charge < -0.3 is 0 Å². The first-order valence-electron chi connectivity index (χ1n) is 4.97. The average Bonchev–Trinajstić information content (AvgIpc) is 2.30. The van der Waals surface area contributed by atoms with Crippen LogP contribution in [0.15, 0.2) is 12.1 Å². The second-order valence-corrected chi connectivity index (χ2v) is 6.22. The van der Waals surface area contributed by atoms with Gasteiger partial charge in [-0.3, -0.25) is 4.79 Å². The van der Waals surface area contributed by atoms with Crippen molar-refractivity contribution in [3.05, 3.63) is 34.9 Å². The van der Waals surface area contributed by atoms with E-state index in [1.807, 2.05) is 0 Å². The molecule has 0 spiro atoms. The number of nitrogens with one attached hydrogen (secondary N) is 1. The molecule has 0 saturated carbocycles. The Kier molecular flexibility index (Phi) is 4.99. The first kappa shape index (κ1) is 16.0. The van der Waals surface area contributed by atoms with Crippen LogP contribution in [0.2, 0.25) is 0 Å². The fraction of sp³-hybridized carbons (Fsp3) is 0.300. The Morgan fingerprint density at radius 2 is 1.89 bits per heavy atom. The highest BCUT2D eigenvalue weighted by molar-refractivity contribution is 9.08. The molecular weight excluding hydrogens is 346 g/mol. The molecule has 0 radical (unpaired) electrons. The second kappa shape index (κ2) is 5.93. The smallest absolute Gasteiger partial charge is 0.268 e. The van der Waals surface area contributed by atoms with Gasteiger partial charge in [0, 0.05) is 25.0 Å². The van der Waals surface area contributed by atoms with Gasteiger partial charge in [0.05, 0.1) is 5.56 Å². The third-order valence-corrected chi connectivity index (χ3v) is 4.24. The van der Waals surface area contributed by atoms with E-state index >= 15 is 0 Å². The van der Waals surface area contributed by atoms with E-state index in [2.05, 4.69) is 15.9 Å². The highest BCUT2D eigenvalue weighted by Gasteiger charge is 2.22. The molecule has 1 rings (SSSR count). The third kappa shape index (κ3) is 3.71. The molecule has 1 aromatic rings. The average molecular weight is 357 g/mol. The van der Waals surface area contributed by atoms with Crippen LogP contribution in [0, 0.1) is 11.6 Å². The molecule has 1 amide bonds. The molecule has 0 atom stereocenters. The van der Waals surface area contributed by atoms with Crippen molar-refractivity contribution in [3.8, 4) is 0 Å². The van der Waals surface area contributed by atoms with E-state index < -0.39 is 33.3 Å². The van der Waals surface area contributed by atoms with E-state index in [1.54, 1.807) is 4.72 Å². The van der Waals surface area contributed by atoms with E-state index in [4.69, 9.17) is 0 Å². The van der Waals surface area contributed by atoms with Crippen LogP contribution in [0.4, 0.5) is 8.78 Å². The summed E-state index contributed by atoms with van der Waals surface area (Å²) in [7, 11) is -1.67. The molecule has 1 aromatic carbocycles. The minimum Gasteiger partial charge on any atom is -0.268 e. The SMILES string of the molecule is CN(C)S(=O)(=O)NC(=O)c1cc(F)c(CBr)cc1F. The van der Waals surface area contributed by atoms with Crippen molar-refractivity contribution in [2.45, 2.75) is 5.33 Å². The lowest BCUT2D eigenvalue weighted by atomic mass is 10.1. The van der Waals surface area contributed by atoms with Crippen molar-refractivity contribution in [2.24, 2.45) is 0 Å². The van der Waals surface area contributed by atoms with Gasteiger partial charge in [0.1, 0.15) is 11.6 Å². The van der Waals surface area contributed by atoms with Gasteiger partial charge in [0.2, 0.25) is 0 Å². The number of halogens is 3. The normalized spacial score (nSPS) is 11.7. The monoisotopic (exact) mass is 356 g/mol. The van der Waals surface area contributed by atoms with Crippen molar-refractivity contribution in [1.82, 2.24) is 9.03 Å². The largest absolute Gasteiger partial charge is 0.303 e. The summed E-state index contributed by atoms with van der Waals surface area (Å²) in [6.07, 6.45) is 0. The van der Waals surface area contributed by atoms with Gasteiger partial charge in [-0.25, -0.2) is 13.5 Å². The number of nitrogens with zero attached hydrogens (tertiary/aromatic N) is 1. The number of carbonyl (C=O) groups excluding carboxylic acids is 1. The van der Waals surface area contributed by atoms with Crippen molar-refractivity contribution in [2.75, 3.05) is 14.1 Å². The van der Waals surface area contributed by atoms with Gasteiger partial charge in [-0.15, -0.1) is 0 Å². The third-order valence-electron chi connectivity index (χ3n) is 2.23. The number of alkyl halides is 1. The molecular formula is C10H11BrF2N2O3S. The lowest BCUT2D eigenvalue weighted by Crippen LogP contribution is -2.39. The maximum atomic E-state index is 13.6. The van der Waals surface area contributed by atoms with E-state index in [0.717, 1.165) is 10.4 Å². The summed E-state index contributed by atoms with van der Waals surface area (Å²) in [5, 5.41) is 0.0770. The lowest BCUT2D eigenvalue weighted by molar-refractivity contribution is 0.0975. The molecule has 0 aliphatic rings. The summed E-state index contributed by atoms with van der Waals surface area (Å²) < 4.78 is 52.2. The number of hydrogen-bond acceptors (Lipinski definition) is 3. The van der Waals surface area contributed by atoms with Gasteiger partial charge in [0.15, 0.2) is 0 Å². The standard InChI is InChI=1S/C10H11BrF2N2O3S/c1-15(2)19(17,18)14-10(16)7-4-8(12)6(5-11)3-9(7)13/h3-4H,5H2,1-2H3,(H,14,16). The molecule has 0 fully saturated rings. The van der Waals surface area contributed by atoms with Gasteiger partial charge in [-0.05, 0) is 12.1 Å². The summed E-state index contributed by atoms with van der Waals surface area (Å²) in [5.41, 5.74) is -0.642. The lowest BCUT2D eigenvalue weighted by Gasteiger charge is -2.13. The van der Waals surface area contributed by atoms with E-state index in [-0.39, 0.29) is 10.9 Å². The van der Waals surface area contributed by atoms with Crippen molar-refractivity contribution in [1.29, 1.82) is 0 Å². The molecule has 19 heavy (non-hydrogen) atoms. The summed E-state index contributed by atoms with van der Waals surface area (Å²) in [6, 6.07) is 1.49. The predicted molar refractivity (Wildman–Crippen MR) is 69.1 cm³/mol. The topological polar surface area (TPSA) is 66.5 Å². The van der Waals surface area contributed by atoms with Crippen LogP contribution in [-0.4, -0.2) is 32.7 Å². The molecule has 0 aliphatic carbocycles. The number of amides is 1. The summed E-state index contributed by atoms with van der Waals surface area (Å²) in [6.45, 7) is 0. The second-order valence-electron chi connectivity index (χ2n) is 3.78. The van der Waals surface area contributed by atoms with Crippen molar-refractivity contribution < 1.29 is 22.0 Å². The highest BCUT2D eigenvalue weighted by atomic mass is 79.9. The fourth-order valence-corrected chi connectivity index (χ4v) is 2.08. The number of hydrogen-bond donors (Lipinski definition) is 1. The van der Waals surface area contributed by atoms with Gasteiger partial charge in [0.25, 0.3) is 5.91 Å². The zero-order valence-electron chi connectivity index (χ0n) is 10.1. The first-order valence-corrected chi connectivity index (χ1v) is 7.53. The molecule has 5 nitrogen and oxygen atoms in total. The van der Waals surface area contributed by atoms with Crippen LogP contribution in [0.3, 0.4) is 0 Å². The van der Waals surface area contributed by atoms with E-state index in [0.29, 0.717) is 6.07 Å². The van der Waals surface area contributed by atoms with Crippen molar-refractivity contribution in [3.63, 3.8) is 0 Å². The minimum atomic E-state index is -4.06. The number of carbonyl (C=O) groups is 1. The highest BCUT2D eigenvalue weighted by Crippen LogP contribution is 2.17. The maximum absolute atomic E-state index is 13.6. The Morgan fingerprint density at radius 3 is 2.37 bits per heavy atom. The Morgan fingerprint density at radius 1 is 1.32 bits per heavy atom. The van der Waals surface area contributed by atoms with Crippen LogP contribution in [0.5, 0.6) is 0 Å². The number of rotatable bonds is 4. The predicted octanol–water partition coefficient (Wildman–Crippen LogP) is 1.40. The number of benzene rings is 1. The van der Waals surface area contributed by atoms with Crippen LogP contribution in [0.25, 0.3) is 0 Å². The maximum Gasteiger partial charge on any atom is 0.303 e. The van der Waals surface area contributed by atoms with Crippen LogP contribution >= 0.6 is 15.9 Å². The summed E-state index contributed by atoms with van der Waals surface area (Å²) >= 11 is 2.96. The molecule has 1 N–H and O–H groups in total. The molecule has 0 aliphatic heterocycles. The molecule has 0 unspecified atom stereocenters. The minimum absolute atomic E-state index is 0.0320. The molecule has 106 valence electrons. The Balaban J connectivity index is 3.12. The molecule has 0 saturated heterocycles. The Hall–Kier alpha value is -1.06. The van der Waals surface area contributed by atoms with E-state index in [1.165, 1.54) is 14.1 Å². The molecule has 0 bridgehead atoms. The molecule has 0 heterocycles. The zero-order chi connectivity index (χ0) is 14.8. The fourth-order valence-electron chi connectivity index (χ4n) is 1.13. The van der Waals surface area contributed by atoms with Crippen LogP contribution in [-0.2, 0) is 15.5 Å². The summed E-state index contributed by atoms with van der Waals surface area (Å²) in [5.74, 6) is -3.03. The summed E-state index contributed by atoms with van der Waals surface area (Å²) in [4.78, 5) is 11.6. The van der Waals surface area contributed by atoms with Crippen molar-refractivity contribution >= 4 is 32.0 Å². The van der Waals surface area contributed by atoms with E-state index in [9.17, 15) is 22.0 Å². The molecule has 0 aromatic heterocycles. The zero-order valence-corrected chi connectivity index (χ0v) is 12.5. The Bertz CT molecular complexity index is 605. The van der Waals surface area contributed by atoms with Gasteiger partial charge in [-0.1, -0.05) is 15.9 Å². The van der Waals surface area contributed by atoms with Gasteiger partial charge >= 0.3 is 10.2 Å². The van der Waals surface area contributed by atoms with Gasteiger partial charge in [-0.2, -0.15) is 12.7 Å². The van der Waals surface area contributed by atoms with Crippen LogP contribution in [0.1, 0.15) is 15.9 Å². The quantitative estimate of drug-likeness (QED) is 0.829. The molecule has 9 heteroatoms. The van der Waals surface area contributed by atoms with Crippen LogP contribution < -0.4 is 4.72 Å². The Labute approximate surface area is 117 Å². The first-order chi connectivity index (χ1) is 8.69.